The highest BCUT2D eigenvalue weighted by Crippen LogP contribution is 2.46. The Bertz CT molecular complexity index is 1210. The molecule has 8 heteroatoms. The first-order valence-electron chi connectivity index (χ1n) is 13.0. The van der Waals surface area contributed by atoms with E-state index in [-0.39, 0.29) is 22.1 Å². The van der Waals surface area contributed by atoms with E-state index < -0.39 is 23.9 Å². The van der Waals surface area contributed by atoms with Crippen molar-refractivity contribution < 1.29 is 29.1 Å². The molecular weight excluding hydrogens is 484 g/mol. The molecule has 0 heterocycles. The molecule has 2 N–H and O–H groups in total. The van der Waals surface area contributed by atoms with Gasteiger partial charge in [-0.05, 0) is 78.0 Å². The van der Waals surface area contributed by atoms with E-state index in [9.17, 15) is 14.4 Å². The molecule has 0 aliphatic heterocycles. The van der Waals surface area contributed by atoms with E-state index in [0.29, 0.717) is 17.7 Å². The van der Waals surface area contributed by atoms with Crippen molar-refractivity contribution in [3.63, 3.8) is 0 Å². The molecule has 1 aliphatic carbocycles. The predicted octanol–water partition coefficient (Wildman–Crippen LogP) is 5.83. The fourth-order valence-corrected chi connectivity index (χ4v) is 4.70. The van der Waals surface area contributed by atoms with Crippen LogP contribution in [0.25, 0.3) is 0 Å². The number of esters is 1. The summed E-state index contributed by atoms with van der Waals surface area (Å²) in [5, 5.41) is 16.1. The lowest BCUT2D eigenvalue weighted by molar-refractivity contribution is -0.154. The van der Waals surface area contributed by atoms with Crippen LogP contribution in [0.3, 0.4) is 0 Å². The number of ether oxygens (including phenoxy) is 1. The van der Waals surface area contributed by atoms with Crippen molar-refractivity contribution in [3.05, 3.63) is 64.7 Å². The number of carbonyl (C=O) groups excluding carboxylic acids is 2. The van der Waals surface area contributed by atoms with Crippen LogP contribution in [-0.2, 0) is 30.0 Å². The predicted molar refractivity (Wildman–Crippen MR) is 147 cm³/mol. The third-order valence-electron chi connectivity index (χ3n) is 7.29. The normalized spacial score (nSPS) is 16.6. The zero-order valence-electron chi connectivity index (χ0n) is 23.1. The van der Waals surface area contributed by atoms with E-state index in [4.69, 9.17) is 14.7 Å². The van der Waals surface area contributed by atoms with Gasteiger partial charge in [0.25, 0.3) is 5.91 Å². The Kier molecular flexibility index (Phi) is 8.97. The fourth-order valence-electron chi connectivity index (χ4n) is 4.70. The van der Waals surface area contributed by atoms with Crippen molar-refractivity contribution in [1.29, 1.82) is 0 Å². The molecule has 1 unspecified atom stereocenters. The van der Waals surface area contributed by atoms with Crippen LogP contribution in [-0.4, -0.2) is 41.9 Å². The third kappa shape index (κ3) is 6.60. The van der Waals surface area contributed by atoms with Crippen molar-refractivity contribution in [3.8, 4) is 0 Å². The molecule has 3 rings (SSSR count). The van der Waals surface area contributed by atoms with Crippen LogP contribution in [0, 0.1) is 0 Å². The van der Waals surface area contributed by atoms with Crippen molar-refractivity contribution in [1.82, 2.24) is 0 Å². The summed E-state index contributed by atoms with van der Waals surface area (Å²) in [5.74, 6) is -2.15. The summed E-state index contributed by atoms with van der Waals surface area (Å²) < 4.78 is 4.88. The van der Waals surface area contributed by atoms with Gasteiger partial charge in [-0.1, -0.05) is 58.3 Å². The maximum Gasteiger partial charge on any atom is 0.349 e. The average Bonchev–Trinajstić information content (AvgIpc) is 2.88. The zero-order chi connectivity index (χ0) is 28.1. The fraction of sp³-hybridized carbons (Fsp3) is 0.467. The molecule has 0 fully saturated rings. The lowest BCUT2D eigenvalue weighted by Crippen LogP contribution is -2.34. The number of hydrogen-bond acceptors (Lipinski definition) is 6. The first kappa shape index (κ1) is 28.9. The van der Waals surface area contributed by atoms with Gasteiger partial charge in [0.05, 0.1) is 12.7 Å². The first-order chi connectivity index (χ1) is 17.9. The van der Waals surface area contributed by atoms with E-state index >= 15 is 0 Å². The molecular formula is C30H38N2O6. The Morgan fingerprint density at radius 3 is 2.16 bits per heavy atom. The smallest absolute Gasteiger partial charge is 0.349 e. The molecule has 0 aromatic heterocycles. The Morgan fingerprint density at radius 2 is 1.58 bits per heavy atom. The monoisotopic (exact) mass is 522 g/mol. The summed E-state index contributed by atoms with van der Waals surface area (Å²) in [6, 6.07) is 11.7. The highest BCUT2D eigenvalue weighted by Gasteiger charge is 2.37. The molecule has 0 spiro atoms. The standard InChI is InChI=1S/C30H38N2O6/c1-7-8-9-24(28(36)37-6)38-32-25(26(33)31-21-13-10-19(11-14-21)27(34)35)20-12-15-22-23(18-20)30(4,5)17-16-29(22,2)3/h10-15,18,24H,7-9,16-17H2,1-6H3,(H,31,33)(H,34,35). The number of benzene rings is 2. The second kappa shape index (κ2) is 11.8. The molecule has 2 aromatic rings. The molecule has 204 valence electrons. The zero-order valence-corrected chi connectivity index (χ0v) is 23.1. The second-order valence-electron chi connectivity index (χ2n) is 11.1. The van der Waals surface area contributed by atoms with Gasteiger partial charge in [0, 0.05) is 11.3 Å². The SMILES string of the molecule is CCCCC(ON=C(C(=O)Nc1ccc(C(=O)O)cc1)c1ccc2c(c1)C(C)(C)CCC2(C)C)C(=O)OC. The van der Waals surface area contributed by atoms with Gasteiger partial charge in [-0.2, -0.15) is 0 Å². The number of carbonyl (C=O) groups is 3. The number of methoxy groups -OCH3 is 1. The number of aromatic carboxylic acids is 1. The van der Waals surface area contributed by atoms with E-state index in [0.717, 1.165) is 31.2 Å². The van der Waals surface area contributed by atoms with Crippen LogP contribution in [0.15, 0.2) is 47.6 Å². The number of carboxylic acids is 1. The molecule has 0 saturated heterocycles. The van der Waals surface area contributed by atoms with Gasteiger partial charge in [-0.25, -0.2) is 9.59 Å². The van der Waals surface area contributed by atoms with Crippen molar-refractivity contribution in [2.24, 2.45) is 5.16 Å². The number of amides is 1. The lowest BCUT2D eigenvalue weighted by Gasteiger charge is -2.42. The summed E-state index contributed by atoms with van der Waals surface area (Å²) in [7, 11) is 1.29. The molecule has 8 nitrogen and oxygen atoms in total. The van der Waals surface area contributed by atoms with Crippen LogP contribution in [0.2, 0.25) is 0 Å². The minimum absolute atomic E-state index is 0.00146. The largest absolute Gasteiger partial charge is 0.478 e. The van der Waals surface area contributed by atoms with Gasteiger partial charge in [0.15, 0.2) is 5.71 Å². The van der Waals surface area contributed by atoms with Crippen LogP contribution in [0.1, 0.15) is 93.8 Å². The van der Waals surface area contributed by atoms with Gasteiger partial charge in [0.2, 0.25) is 6.10 Å². The molecule has 0 saturated carbocycles. The van der Waals surface area contributed by atoms with E-state index in [1.165, 1.54) is 36.9 Å². The summed E-state index contributed by atoms with van der Waals surface area (Å²) in [6.07, 6.45) is 3.12. The maximum absolute atomic E-state index is 13.5. The van der Waals surface area contributed by atoms with Crippen LogP contribution < -0.4 is 5.32 Å². The molecule has 0 bridgehead atoms. The Morgan fingerprint density at radius 1 is 0.974 bits per heavy atom. The van der Waals surface area contributed by atoms with Crippen molar-refractivity contribution in [2.45, 2.75) is 83.7 Å². The van der Waals surface area contributed by atoms with Gasteiger partial charge >= 0.3 is 11.9 Å². The van der Waals surface area contributed by atoms with E-state index in [1.54, 1.807) is 0 Å². The van der Waals surface area contributed by atoms with Crippen molar-refractivity contribution in [2.75, 3.05) is 12.4 Å². The van der Waals surface area contributed by atoms with Crippen LogP contribution in [0.5, 0.6) is 0 Å². The van der Waals surface area contributed by atoms with E-state index in [2.05, 4.69) is 38.2 Å². The highest BCUT2D eigenvalue weighted by atomic mass is 16.7. The number of anilines is 1. The molecule has 0 radical (unpaired) electrons. The first-order valence-corrected chi connectivity index (χ1v) is 13.0. The topological polar surface area (TPSA) is 114 Å². The average molecular weight is 523 g/mol. The summed E-state index contributed by atoms with van der Waals surface area (Å²) in [6.45, 7) is 10.8. The molecule has 38 heavy (non-hydrogen) atoms. The Hall–Kier alpha value is -3.68. The number of carboxylic acid groups (broad SMARTS) is 1. The maximum atomic E-state index is 13.5. The number of nitrogens with one attached hydrogen (secondary N) is 1. The number of fused-ring (bicyclic) bond motifs is 1. The quantitative estimate of drug-likeness (QED) is 0.231. The minimum Gasteiger partial charge on any atom is -0.478 e. The van der Waals surface area contributed by atoms with Crippen LogP contribution in [0.4, 0.5) is 5.69 Å². The molecule has 1 atom stereocenters. The molecule has 2 aromatic carbocycles. The third-order valence-corrected chi connectivity index (χ3v) is 7.29. The van der Waals surface area contributed by atoms with Gasteiger partial charge in [0.1, 0.15) is 0 Å². The summed E-state index contributed by atoms with van der Waals surface area (Å²) in [4.78, 5) is 42.6. The van der Waals surface area contributed by atoms with Gasteiger partial charge in [-0.3, -0.25) is 4.79 Å². The summed E-state index contributed by atoms with van der Waals surface area (Å²) in [5.41, 5.74) is 3.38. The lowest BCUT2D eigenvalue weighted by atomic mass is 9.63. The Balaban J connectivity index is 2.03. The van der Waals surface area contributed by atoms with Crippen LogP contribution >= 0.6 is 0 Å². The number of unbranched alkanes of at least 4 members (excludes halogenated alkanes) is 1. The Labute approximate surface area is 224 Å². The van der Waals surface area contributed by atoms with Gasteiger partial charge in [-0.15, -0.1) is 0 Å². The van der Waals surface area contributed by atoms with Gasteiger partial charge < -0.3 is 20.0 Å². The van der Waals surface area contributed by atoms with E-state index in [1.807, 2.05) is 25.1 Å². The number of oxime groups is 1. The number of hydrogen-bond donors (Lipinski definition) is 2. The minimum atomic E-state index is -1.06. The number of rotatable bonds is 10. The summed E-state index contributed by atoms with van der Waals surface area (Å²) >= 11 is 0. The molecule has 1 amide bonds. The second-order valence-corrected chi connectivity index (χ2v) is 11.1. The molecule has 1 aliphatic rings. The number of nitrogens with zero attached hydrogens (tertiary/aromatic N) is 1. The van der Waals surface area contributed by atoms with Crippen molar-refractivity contribution >= 4 is 29.2 Å². The highest BCUT2D eigenvalue weighted by molar-refractivity contribution is 6.48.